The number of rotatable bonds is 7. The number of nitrogens with zero attached hydrogens (tertiary/aromatic N) is 1. The van der Waals surface area contributed by atoms with E-state index in [2.05, 4.69) is 39.8 Å². The van der Waals surface area contributed by atoms with Crippen molar-refractivity contribution in [1.82, 2.24) is 20.6 Å². The van der Waals surface area contributed by atoms with E-state index < -0.39 is 6.04 Å². The van der Waals surface area contributed by atoms with Gasteiger partial charge in [-0.25, -0.2) is 4.98 Å². The maximum Gasteiger partial charge on any atom is 0.254 e. The van der Waals surface area contributed by atoms with E-state index in [9.17, 15) is 14.4 Å². The van der Waals surface area contributed by atoms with Crippen molar-refractivity contribution < 1.29 is 14.4 Å². The lowest BCUT2D eigenvalue weighted by atomic mass is 9.98. The molecule has 0 spiro atoms. The van der Waals surface area contributed by atoms with Crippen LogP contribution in [0.2, 0.25) is 0 Å². The van der Waals surface area contributed by atoms with Crippen molar-refractivity contribution in [3.8, 4) is 0 Å². The van der Waals surface area contributed by atoms with Crippen LogP contribution >= 0.6 is 0 Å². The smallest absolute Gasteiger partial charge is 0.254 e. The van der Waals surface area contributed by atoms with Gasteiger partial charge in [0.05, 0.1) is 28.3 Å². The Bertz CT molecular complexity index is 1120. The van der Waals surface area contributed by atoms with Crippen LogP contribution in [0.4, 0.5) is 5.69 Å². The van der Waals surface area contributed by atoms with Gasteiger partial charge in [0.1, 0.15) is 11.9 Å². The van der Waals surface area contributed by atoms with Gasteiger partial charge in [0, 0.05) is 6.42 Å². The summed E-state index contributed by atoms with van der Waals surface area (Å²) < 4.78 is 0. The number of hydrogen-bond donors (Lipinski definition) is 4. The molecule has 2 aromatic carbocycles. The molecule has 0 saturated heterocycles. The van der Waals surface area contributed by atoms with Gasteiger partial charge in [-0.05, 0) is 36.6 Å². The van der Waals surface area contributed by atoms with Crippen molar-refractivity contribution in [2.75, 3.05) is 5.32 Å². The van der Waals surface area contributed by atoms with Gasteiger partial charge in [-0.15, -0.1) is 0 Å². The summed E-state index contributed by atoms with van der Waals surface area (Å²) in [4.78, 5) is 45.8. The number of nitrogens with one attached hydrogen (secondary N) is 4. The number of para-hydroxylation sites is 3. The van der Waals surface area contributed by atoms with Gasteiger partial charge in [-0.1, -0.05) is 44.5 Å². The molecular formula is C24H27N5O3. The standard InChI is InChI=1S/C24H27N5O3/c1-3-14(2)21(22-25-17-10-6-7-11-18(17)26-22)29-20(30)13-12-19-24(32)27-16-9-5-4-8-15(16)23(31)28-19/h4-11,14,19,21H,3,12-13H2,1-2H3,(H,25,26)(H,27,32)(H,28,31)(H,29,30)/t14-,19-,21+/m0/s1. The second kappa shape index (κ2) is 9.21. The molecule has 4 rings (SSSR count). The topological polar surface area (TPSA) is 116 Å². The van der Waals surface area contributed by atoms with Crippen LogP contribution in [0.25, 0.3) is 11.0 Å². The van der Waals surface area contributed by atoms with Crippen LogP contribution in [0.1, 0.15) is 55.3 Å². The molecule has 32 heavy (non-hydrogen) atoms. The van der Waals surface area contributed by atoms with Crippen molar-refractivity contribution in [2.45, 2.75) is 45.2 Å². The molecule has 0 radical (unpaired) electrons. The van der Waals surface area contributed by atoms with E-state index in [0.29, 0.717) is 17.1 Å². The molecule has 1 aliphatic heterocycles. The lowest BCUT2D eigenvalue weighted by molar-refractivity contribution is -0.123. The Balaban J connectivity index is 1.42. The molecule has 166 valence electrons. The molecule has 3 atom stereocenters. The van der Waals surface area contributed by atoms with Crippen molar-refractivity contribution >= 4 is 34.4 Å². The van der Waals surface area contributed by atoms with Crippen molar-refractivity contribution in [2.24, 2.45) is 5.92 Å². The number of aromatic amines is 1. The molecule has 0 saturated carbocycles. The van der Waals surface area contributed by atoms with E-state index in [1.807, 2.05) is 24.3 Å². The molecule has 0 bridgehead atoms. The molecule has 4 N–H and O–H groups in total. The number of anilines is 1. The third kappa shape index (κ3) is 4.49. The minimum absolute atomic E-state index is 0.0991. The first-order valence-electron chi connectivity index (χ1n) is 10.9. The lowest BCUT2D eigenvalue weighted by Crippen LogP contribution is -2.42. The number of fused-ring (bicyclic) bond motifs is 2. The van der Waals surface area contributed by atoms with E-state index >= 15 is 0 Å². The second-order valence-electron chi connectivity index (χ2n) is 8.17. The van der Waals surface area contributed by atoms with Crippen LogP contribution in [-0.2, 0) is 9.59 Å². The summed E-state index contributed by atoms with van der Waals surface area (Å²) in [5.41, 5.74) is 2.66. The average molecular weight is 434 g/mol. The van der Waals surface area contributed by atoms with Crippen LogP contribution in [0, 0.1) is 5.92 Å². The van der Waals surface area contributed by atoms with Gasteiger partial charge in [0.2, 0.25) is 11.8 Å². The maximum absolute atomic E-state index is 12.8. The number of aromatic nitrogens is 2. The van der Waals surface area contributed by atoms with Crippen LogP contribution in [0.5, 0.6) is 0 Å². The molecule has 1 aliphatic rings. The SMILES string of the molecule is CC[C@H](C)[C@@H](NC(=O)CC[C@@H]1NC(=O)c2ccccc2NC1=O)c1nc2ccccc2[nH]1. The molecule has 0 fully saturated rings. The highest BCUT2D eigenvalue weighted by atomic mass is 16.2. The summed E-state index contributed by atoms with van der Waals surface area (Å²) in [6.07, 6.45) is 1.16. The predicted molar refractivity (Wildman–Crippen MR) is 122 cm³/mol. The van der Waals surface area contributed by atoms with Crippen LogP contribution < -0.4 is 16.0 Å². The zero-order chi connectivity index (χ0) is 22.7. The summed E-state index contributed by atoms with van der Waals surface area (Å²) in [6.45, 7) is 4.13. The van der Waals surface area contributed by atoms with E-state index in [1.54, 1.807) is 24.3 Å². The Labute approximate surface area is 186 Å². The van der Waals surface area contributed by atoms with Gasteiger partial charge in [-0.2, -0.15) is 0 Å². The monoisotopic (exact) mass is 433 g/mol. The number of benzene rings is 2. The highest BCUT2D eigenvalue weighted by molar-refractivity contribution is 6.09. The molecule has 3 aromatic rings. The van der Waals surface area contributed by atoms with Crippen LogP contribution in [0.15, 0.2) is 48.5 Å². The Morgan fingerprint density at radius 3 is 2.66 bits per heavy atom. The minimum Gasteiger partial charge on any atom is -0.346 e. The molecule has 2 heterocycles. The largest absolute Gasteiger partial charge is 0.346 e. The number of carbonyl (C=O) groups is 3. The first kappa shape index (κ1) is 21.5. The molecule has 1 aromatic heterocycles. The third-order valence-corrected chi connectivity index (χ3v) is 5.94. The number of imidazole rings is 1. The first-order valence-corrected chi connectivity index (χ1v) is 10.9. The predicted octanol–water partition coefficient (Wildman–Crippen LogP) is 3.30. The average Bonchev–Trinajstić information content (AvgIpc) is 3.18. The maximum atomic E-state index is 12.8. The fraction of sp³-hybridized carbons (Fsp3) is 0.333. The zero-order valence-electron chi connectivity index (χ0n) is 18.1. The summed E-state index contributed by atoms with van der Waals surface area (Å²) in [5.74, 6) is 0.0234. The molecule has 8 nitrogen and oxygen atoms in total. The quantitative estimate of drug-likeness (QED) is 0.457. The molecule has 0 aliphatic carbocycles. The summed E-state index contributed by atoms with van der Waals surface area (Å²) in [5, 5.41) is 8.56. The number of carbonyl (C=O) groups excluding carboxylic acids is 3. The normalized spacial score (nSPS) is 17.6. The summed E-state index contributed by atoms with van der Waals surface area (Å²) in [7, 11) is 0. The van der Waals surface area contributed by atoms with E-state index in [4.69, 9.17) is 0 Å². The van der Waals surface area contributed by atoms with Gasteiger partial charge in [-0.3, -0.25) is 14.4 Å². The first-order chi connectivity index (χ1) is 15.5. The van der Waals surface area contributed by atoms with Crippen molar-refractivity contribution in [1.29, 1.82) is 0 Å². The fourth-order valence-corrected chi connectivity index (χ4v) is 3.87. The highest BCUT2D eigenvalue weighted by Gasteiger charge is 2.29. The van der Waals surface area contributed by atoms with Gasteiger partial charge >= 0.3 is 0 Å². The molecule has 0 unspecified atom stereocenters. The summed E-state index contributed by atoms with van der Waals surface area (Å²) >= 11 is 0. The van der Waals surface area contributed by atoms with E-state index in [-0.39, 0.29) is 42.5 Å². The van der Waals surface area contributed by atoms with E-state index in [1.165, 1.54) is 0 Å². The van der Waals surface area contributed by atoms with E-state index in [0.717, 1.165) is 17.5 Å². The Kier molecular flexibility index (Phi) is 6.20. The Morgan fingerprint density at radius 1 is 1.12 bits per heavy atom. The molecular weight excluding hydrogens is 406 g/mol. The Hall–Kier alpha value is -3.68. The highest BCUT2D eigenvalue weighted by Crippen LogP contribution is 2.25. The zero-order valence-corrected chi connectivity index (χ0v) is 18.1. The number of amides is 3. The van der Waals surface area contributed by atoms with Gasteiger partial charge < -0.3 is 20.9 Å². The lowest BCUT2D eigenvalue weighted by Gasteiger charge is -2.23. The van der Waals surface area contributed by atoms with Gasteiger partial charge in [0.25, 0.3) is 5.91 Å². The van der Waals surface area contributed by atoms with Gasteiger partial charge in [0.15, 0.2) is 0 Å². The van der Waals surface area contributed by atoms with Crippen LogP contribution in [0.3, 0.4) is 0 Å². The molecule has 8 heteroatoms. The minimum atomic E-state index is -0.783. The summed E-state index contributed by atoms with van der Waals surface area (Å²) in [6, 6.07) is 13.5. The van der Waals surface area contributed by atoms with Crippen molar-refractivity contribution in [3.05, 3.63) is 59.9 Å². The van der Waals surface area contributed by atoms with Crippen LogP contribution in [-0.4, -0.2) is 33.7 Å². The Morgan fingerprint density at radius 2 is 1.88 bits per heavy atom. The number of H-pyrrole nitrogens is 1. The van der Waals surface area contributed by atoms with Crippen molar-refractivity contribution in [3.63, 3.8) is 0 Å². The molecule has 3 amide bonds. The number of hydrogen-bond acceptors (Lipinski definition) is 4. The fourth-order valence-electron chi connectivity index (χ4n) is 3.87. The third-order valence-electron chi connectivity index (χ3n) is 5.94. The second-order valence-corrected chi connectivity index (χ2v) is 8.17.